The molecule has 2 aromatic rings. The molecule has 5 nitrogen and oxygen atoms in total. The fraction of sp³-hybridized carbons (Fsp3) is 0.143. The Bertz CT molecular complexity index is 685. The highest BCUT2D eigenvalue weighted by molar-refractivity contribution is 9.11. The number of rotatable bonds is 4. The number of amides is 2. The lowest BCUT2D eigenvalue weighted by Gasteiger charge is -2.08. The third-order valence-electron chi connectivity index (χ3n) is 2.77. The molecule has 0 radical (unpaired) electrons. The Hall–Kier alpha value is -1.86. The third-order valence-corrected chi connectivity index (χ3v) is 4.39. The molecule has 0 atom stereocenters. The number of aryl methyl sites for hydroxylation is 1. The molecule has 0 aliphatic carbocycles. The minimum absolute atomic E-state index is 0.226. The zero-order valence-corrected chi connectivity index (χ0v) is 13.5. The number of carbonyl (C=O) groups is 2. The molecule has 0 bridgehead atoms. The van der Waals surface area contributed by atoms with Crippen molar-refractivity contribution in [1.29, 1.82) is 0 Å². The number of hydrogen-bond acceptors (Lipinski definition) is 3. The van der Waals surface area contributed by atoms with Crippen LogP contribution in [0.15, 0.2) is 34.1 Å². The quantitative estimate of drug-likeness (QED) is 0.766. The molecule has 2 rings (SSSR count). The van der Waals surface area contributed by atoms with Crippen LogP contribution >= 0.6 is 27.3 Å². The van der Waals surface area contributed by atoms with Gasteiger partial charge in [-0.25, -0.2) is 9.59 Å². The van der Waals surface area contributed by atoms with Crippen LogP contribution in [-0.2, 0) is 6.54 Å². The predicted octanol–water partition coefficient (Wildman–Crippen LogP) is 3.84. The second-order valence-corrected chi connectivity index (χ2v) is 6.90. The molecule has 3 N–H and O–H groups in total. The van der Waals surface area contributed by atoms with E-state index in [9.17, 15) is 9.59 Å². The van der Waals surface area contributed by atoms with Crippen molar-refractivity contribution < 1.29 is 14.7 Å². The smallest absolute Gasteiger partial charge is 0.335 e. The number of aromatic carboxylic acids is 1. The monoisotopic (exact) mass is 368 g/mol. The highest BCUT2D eigenvalue weighted by Crippen LogP contribution is 2.21. The van der Waals surface area contributed by atoms with Crippen molar-refractivity contribution in [1.82, 2.24) is 5.32 Å². The maximum absolute atomic E-state index is 11.8. The van der Waals surface area contributed by atoms with Gasteiger partial charge in [0, 0.05) is 10.6 Å². The summed E-state index contributed by atoms with van der Waals surface area (Å²) in [6.45, 7) is 2.13. The van der Waals surface area contributed by atoms with Gasteiger partial charge in [0.2, 0.25) is 0 Å². The summed E-state index contributed by atoms with van der Waals surface area (Å²) in [5, 5.41) is 14.4. The highest BCUT2D eigenvalue weighted by atomic mass is 79.9. The molecular weight excluding hydrogens is 356 g/mol. The largest absolute Gasteiger partial charge is 0.478 e. The van der Waals surface area contributed by atoms with Gasteiger partial charge in [-0.15, -0.1) is 11.3 Å². The van der Waals surface area contributed by atoms with Gasteiger partial charge >= 0.3 is 12.0 Å². The van der Waals surface area contributed by atoms with Crippen LogP contribution in [0.3, 0.4) is 0 Å². The Labute approximate surface area is 134 Å². The first-order valence-electron chi connectivity index (χ1n) is 6.08. The SMILES string of the molecule is Cc1cc(NC(=O)NCc2ccc(Br)s2)ccc1C(=O)O. The number of carboxylic acid groups (broad SMARTS) is 1. The Morgan fingerprint density at radius 3 is 2.62 bits per heavy atom. The van der Waals surface area contributed by atoms with Crippen LogP contribution in [0.2, 0.25) is 0 Å². The molecule has 1 aromatic heterocycles. The molecule has 0 fully saturated rings. The lowest BCUT2D eigenvalue weighted by molar-refractivity contribution is 0.0696. The zero-order valence-electron chi connectivity index (χ0n) is 11.1. The molecule has 110 valence electrons. The number of hydrogen-bond donors (Lipinski definition) is 3. The Morgan fingerprint density at radius 1 is 1.29 bits per heavy atom. The average Bonchev–Trinajstić information content (AvgIpc) is 2.82. The molecule has 21 heavy (non-hydrogen) atoms. The fourth-order valence-electron chi connectivity index (χ4n) is 1.77. The highest BCUT2D eigenvalue weighted by Gasteiger charge is 2.09. The summed E-state index contributed by atoms with van der Waals surface area (Å²) in [4.78, 5) is 23.7. The molecule has 2 amide bonds. The van der Waals surface area contributed by atoms with E-state index in [0.717, 1.165) is 8.66 Å². The first kappa shape index (κ1) is 15.5. The predicted molar refractivity (Wildman–Crippen MR) is 86.0 cm³/mol. The van der Waals surface area contributed by atoms with E-state index in [1.54, 1.807) is 30.4 Å². The lowest BCUT2D eigenvalue weighted by Crippen LogP contribution is -2.27. The molecule has 7 heteroatoms. The number of anilines is 1. The summed E-state index contributed by atoms with van der Waals surface area (Å²) in [6.07, 6.45) is 0. The van der Waals surface area contributed by atoms with E-state index in [-0.39, 0.29) is 11.6 Å². The number of halogens is 1. The summed E-state index contributed by atoms with van der Waals surface area (Å²) in [7, 11) is 0. The van der Waals surface area contributed by atoms with Gasteiger partial charge in [-0.05, 0) is 58.7 Å². The van der Waals surface area contributed by atoms with E-state index in [0.29, 0.717) is 17.8 Å². The van der Waals surface area contributed by atoms with E-state index < -0.39 is 5.97 Å². The van der Waals surface area contributed by atoms with Crippen molar-refractivity contribution >= 4 is 45.0 Å². The summed E-state index contributed by atoms with van der Waals surface area (Å²) in [5.41, 5.74) is 1.38. The zero-order chi connectivity index (χ0) is 15.4. The second kappa shape index (κ2) is 6.73. The van der Waals surface area contributed by atoms with Gasteiger partial charge in [0.1, 0.15) is 0 Å². The molecule has 0 aliphatic rings. The maximum atomic E-state index is 11.8. The second-order valence-electron chi connectivity index (χ2n) is 4.35. The van der Waals surface area contributed by atoms with Gasteiger partial charge < -0.3 is 15.7 Å². The minimum Gasteiger partial charge on any atom is -0.478 e. The fourth-order valence-corrected chi connectivity index (χ4v) is 3.19. The van der Waals surface area contributed by atoms with Crippen molar-refractivity contribution in [3.05, 3.63) is 50.1 Å². The Morgan fingerprint density at radius 2 is 2.05 bits per heavy atom. The number of urea groups is 1. The lowest BCUT2D eigenvalue weighted by atomic mass is 10.1. The molecule has 0 unspecified atom stereocenters. The summed E-state index contributed by atoms with van der Waals surface area (Å²) in [6, 6.07) is 8.20. The first-order valence-corrected chi connectivity index (χ1v) is 7.69. The molecular formula is C14H13BrN2O3S. The van der Waals surface area contributed by atoms with Crippen molar-refractivity contribution in [3.8, 4) is 0 Å². The average molecular weight is 369 g/mol. The van der Waals surface area contributed by atoms with Gasteiger partial charge in [0.25, 0.3) is 0 Å². The third kappa shape index (κ3) is 4.30. The number of nitrogens with one attached hydrogen (secondary N) is 2. The van der Waals surface area contributed by atoms with E-state index >= 15 is 0 Å². The molecule has 1 aromatic carbocycles. The number of thiophene rings is 1. The van der Waals surface area contributed by atoms with E-state index in [1.807, 2.05) is 12.1 Å². The molecule has 0 spiro atoms. The minimum atomic E-state index is -0.980. The first-order chi connectivity index (χ1) is 9.95. The summed E-state index contributed by atoms with van der Waals surface area (Å²) in [5.74, 6) is -0.980. The summed E-state index contributed by atoms with van der Waals surface area (Å²) < 4.78 is 1.01. The topological polar surface area (TPSA) is 78.4 Å². The Balaban J connectivity index is 1.93. The van der Waals surface area contributed by atoms with Crippen LogP contribution in [0.25, 0.3) is 0 Å². The molecule has 0 saturated carbocycles. The van der Waals surface area contributed by atoms with Crippen LogP contribution in [0.1, 0.15) is 20.8 Å². The van der Waals surface area contributed by atoms with Crippen LogP contribution in [0, 0.1) is 6.92 Å². The van der Waals surface area contributed by atoms with Crippen molar-refractivity contribution in [3.63, 3.8) is 0 Å². The van der Waals surface area contributed by atoms with Crippen LogP contribution in [0.4, 0.5) is 10.5 Å². The van der Waals surface area contributed by atoms with Gasteiger partial charge in [-0.3, -0.25) is 0 Å². The number of carbonyl (C=O) groups excluding carboxylic acids is 1. The summed E-state index contributed by atoms with van der Waals surface area (Å²) >= 11 is 4.91. The van der Waals surface area contributed by atoms with Gasteiger partial charge in [-0.2, -0.15) is 0 Å². The van der Waals surface area contributed by atoms with Crippen molar-refractivity contribution in [2.45, 2.75) is 13.5 Å². The van der Waals surface area contributed by atoms with E-state index in [2.05, 4.69) is 26.6 Å². The normalized spacial score (nSPS) is 10.2. The number of benzene rings is 1. The van der Waals surface area contributed by atoms with Crippen molar-refractivity contribution in [2.75, 3.05) is 5.32 Å². The standard InChI is InChI=1S/C14H13BrN2O3S/c1-8-6-9(2-4-11(8)13(18)19)17-14(20)16-7-10-3-5-12(15)21-10/h2-6H,7H2,1H3,(H,18,19)(H2,16,17,20). The van der Waals surface area contributed by atoms with E-state index in [4.69, 9.17) is 5.11 Å². The van der Waals surface area contributed by atoms with Gasteiger partial charge in [0.15, 0.2) is 0 Å². The molecule has 0 aliphatic heterocycles. The van der Waals surface area contributed by atoms with E-state index in [1.165, 1.54) is 6.07 Å². The van der Waals surface area contributed by atoms with Gasteiger partial charge in [-0.1, -0.05) is 0 Å². The van der Waals surface area contributed by atoms with Crippen LogP contribution < -0.4 is 10.6 Å². The van der Waals surface area contributed by atoms with Gasteiger partial charge in [0.05, 0.1) is 15.9 Å². The molecule has 1 heterocycles. The van der Waals surface area contributed by atoms with Crippen LogP contribution in [0.5, 0.6) is 0 Å². The Kier molecular flexibility index (Phi) is 4.98. The van der Waals surface area contributed by atoms with Crippen molar-refractivity contribution in [2.24, 2.45) is 0 Å². The van der Waals surface area contributed by atoms with Crippen LogP contribution in [-0.4, -0.2) is 17.1 Å². The maximum Gasteiger partial charge on any atom is 0.335 e. The number of carboxylic acids is 1. The molecule has 0 saturated heterocycles.